The van der Waals surface area contributed by atoms with E-state index < -0.39 is 46.5 Å². The van der Waals surface area contributed by atoms with E-state index in [2.05, 4.69) is 41.9 Å². The first-order valence-corrected chi connectivity index (χ1v) is 9.52. The molecular weight excluding hydrogens is 482 g/mol. The zero-order valence-electron chi connectivity index (χ0n) is 13.9. The van der Waals surface area contributed by atoms with Crippen molar-refractivity contribution in [2.45, 2.75) is 50.0 Å². The van der Waals surface area contributed by atoms with E-state index in [-0.39, 0.29) is 24.1 Å². The zero-order valence-corrected chi connectivity index (χ0v) is 17.1. The average molecular weight is 499 g/mol. The number of nitrogens with zero attached hydrogens (tertiary/aromatic N) is 2. The summed E-state index contributed by atoms with van der Waals surface area (Å²) in [6.07, 6.45) is -2.30. The van der Waals surface area contributed by atoms with E-state index in [1.54, 1.807) is 13.8 Å². The highest BCUT2D eigenvalue weighted by Crippen LogP contribution is 2.36. The fourth-order valence-electron chi connectivity index (χ4n) is 2.24. The van der Waals surface area contributed by atoms with Crippen LogP contribution in [0, 0.1) is 0 Å². The molecule has 0 bridgehead atoms. The fraction of sp³-hybridized carbons (Fsp3) is 0.643. The largest absolute Gasteiger partial charge is 0.463 e. The summed E-state index contributed by atoms with van der Waals surface area (Å²) in [5.74, 6) is -0.913. The van der Waals surface area contributed by atoms with Gasteiger partial charge < -0.3 is 14.2 Å². The highest BCUT2D eigenvalue weighted by atomic mass is 79.9. The molecule has 4 atom stereocenters. The van der Waals surface area contributed by atoms with Gasteiger partial charge >= 0.3 is 17.6 Å². The van der Waals surface area contributed by atoms with Gasteiger partial charge in [0.2, 0.25) is 0 Å². The molecule has 1 aliphatic rings. The van der Waals surface area contributed by atoms with Crippen molar-refractivity contribution in [2.75, 3.05) is 6.61 Å². The Hall–Kier alpha value is -1.53. The molecule has 0 aliphatic carbocycles. The topological polar surface area (TPSA) is 130 Å². The molecule has 1 saturated heterocycles. The smallest absolute Gasteiger partial charge is 0.347 e. The minimum Gasteiger partial charge on any atom is -0.463 e. The summed E-state index contributed by atoms with van der Waals surface area (Å²) in [5, 5.41) is 3.86. The predicted octanol–water partition coefficient (Wildman–Crippen LogP) is 0.630. The second kappa shape index (κ2) is 8.91. The third-order valence-electron chi connectivity index (χ3n) is 3.57. The average Bonchev–Trinajstić information content (AvgIpc) is 2.91. The highest BCUT2D eigenvalue weighted by Gasteiger charge is 2.48. The van der Waals surface area contributed by atoms with Crippen LogP contribution in [-0.4, -0.2) is 50.3 Å². The predicted molar refractivity (Wildman–Crippen MR) is 94.9 cm³/mol. The summed E-state index contributed by atoms with van der Waals surface area (Å²) in [7, 11) is 0. The van der Waals surface area contributed by atoms with E-state index in [1.165, 1.54) is 0 Å². The molecule has 10 nitrogen and oxygen atoms in total. The van der Waals surface area contributed by atoms with Gasteiger partial charge in [0.1, 0.15) is 23.6 Å². The Morgan fingerprint density at radius 1 is 1.27 bits per heavy atom. The lowest BCUT2D eigenvalue weighted by atomic mass is 10.2. The van der Waals surface area contributed by atoms with Gasteiger partial charge in [-0.05, 0) is 15.9 Å². The number of alkyl halides is 1. The number of nitrogens with one attached hydrogen (secondary N) is 1. The lowest BCUT2D eigenvalue weighted by Crippen LogP contribution is -2.39. The molecular formula is C14H17Br2N3O7. The first kappa shape index (κ1) is 20.8. The maximum atomic E-state index is 12.1. The maximum Gasteiger partial charge on any atom is 0.347 e. The van der Waals surface area contributed by atoms with E-state index >= 15 is 0 Å². The van der Waals surface area contributed by atoms with Crippen molar-refractivity contribution < 1.29 is 23.8 Å². The number of hydrogen-bond donors (Lipinski definition) is 1. The molecule has 0 saturated carbocycles. The molecule has 0 unspecified atom stereocenters. The normalized spacial score (nSPS) is 25.1. The Kier molecular flexibility index (Phi) is 7.12. The van der Waals surface area contributed by atoms with Gasteiger partial charge in [-0.15, -0.1) is 0 Å². The van der Waals surface area contributed by atoms with Crippen LogP contribution in [0.1, 0.15) is 32.9 Å². The molecule has 1 aromatic heterocycles. The zero-order chi connectivity index (χ0) is 19.4. The van der Waals surface area contributed by atoms with E-state index in [0.29, 0.717) is 0 Å². The molecule has 1 N–H and O–H groups in total. The molecule has 1 fully saturated rings. The highest BCUT2D eigenvalue weighted by molar-refractivity contribution is 9.10. The Labute approximate surface area is 164 Å². The third-order valence-corrected chi connectivity index (χ3v) is 5.06. The third kappa shape index (κ3) is 4.60. The molecule has 0 spiro atoms. The molecule has 12 heteroatoms. The lowest BCUT2D eigenvalue weighted by Gasteiger charge is -2.20. The van der Waals surface area contributed by atoms with E-state index in [1.807, 2.05) is 0 Å². The Bertz CT molecular complexity index is 793. The van der Waals surface area contributed by atoms with Crippen molar-refractivity contribution >= 4 is 43.8 Å². The number of carbonyl (C=O) groups excluding carboxylic acids is 2. The summed E-state index contributed by atoms with van der Waals surface area (Å²) in [5.41, 5.74) is -1.47. The Morgan fingerprint density at radius 3 is 2.54 bits per heavy atom. The first-order valence-electron chi connectivity index (χ1n) is 7.81. The van der Waals surface area contributed by atoms with Crippen LogP contribution >= 0.6 is 31.9 Å². The van der Waals surface area contributed by atoms with Crippen LogP contribution in [0.5, 0.6) is 0 Å². The van der Waals surface area contributed by atoms with Crippen LogP contribution in [0.3, 0.4) is 0 Å². The summed E-state index contributed by atoms with van der Waals surface area (Å²) < 4.78 is 17.0. The fourth-order valence-corrected chi connectivity index (χ4v) is 3.31. The number of aromatic nitrogens is 3. The second-order valence-electron chi connectivity index (χ2n) is 5.35. The van der Waals surface area contributed by atoms with E-state index in [0.717, 1.165) is 4.68 Å². The molecule has 0 aromatic carbocycles. The van der Waals surface area contributed by atoms with Crippen molar-refractivity contribution in [3.05, 3.63) is 25.4 Å². The van der Waals surface area contributed by atoms with E-state index in [4.69, 9.17) is 14.2 Å². The lowest BCUT2D eigenvalue weighted by molar-refractivity contribution is -0.158. The number of halogens is 2. The molecule has 1 aliphatic heterocycles. The minimum atomic E-state index is -0.990. The summed E-state index contributed by atoms with van der Waals surface area (Å²) in [6.45, 7) is 3.12. The van der Waals surface area contributed by atoms with E-state index in [9.17, 15) is 19.2 Å². The molecule has 26 heavy (non-hydrogen) atoms. The van der Waals surface area contributed by atoms with Crippen LogP contribution in [-0.2, 0) is 23.8 Å². The van der Waals surface area contributed by atoms with Gasteiger partial charge in [0.25, 0.3) is 5.56 Å². The second-order valence-corrected chi connectivity index (χ2v) is 7.16. The molecule has 0 amide bonds. The van der Waals surface area contributed by atoms with Gasteiger partial charge in [-0.1, -0.05) is 29.8 Å². The quantitative estimate of drug-likeness (QED) is 0.446. The van der Waals surface area contributed by atoms with Crippen LogP contribution in [0.15, 0.2) is 14.2 Å². The number of H-pyrrole nitrogens is 1. The van der Waals surface area contributed by atoms with Crippen molar-refractivity contribution in [3.8, 4) is 0 Å². The van der Waals surface area contributed by atoms with Gasteiger partial charge in [0.15, 0.2) is 10.8 Å². The molecule has 1 aromatic rings. The molecule has 2 heterocycles. The molecule has 0 radical (unpaired) electrons. The first-order chi connectivity index (χ1) is 12.3. The van der Waals surface area contributed by atoms with Crippen LogP contribution in [0.25, 0.3) is 0 Å². The molecule has 2 rings (SSSR count). The van der Waals surface area contributed by atoms with Crippen LogP contribution < -0.4 is 11.2 Å². The van der Waals surface area contributed by atoms with Gasteiger partial charge in [-0.2, -0.15) is 9.78 Å². The van der Waals surface area contributed by atoms with Gasteiger partial charge in [-0.25, -0.2) is 4.79 Å². The van der Waals surface area contributed by atoms with Gasteiger partial charge in [0.05, 0.1) is 0 Å². The van der Waals surface area contributed by atoms with Crippen LogP contribution in [0.4, 0.5) is 0 Å². The SMILES string of the molecule is CCC(=O)OC[C@H]1O[C@H](n2nc(Br)c(=O)[nH]c2=O)[C@H](Br)[C@H]1OC(=O)CC. The van der Waals surface area contributed by atoms with Crippen molar-refractivity contribution in [1.82, 2.24) is 14.8 Å². The summed E-state index contributed by atoms with van der Waals surface area (Å²) >= 11 is 6.31. The Balaban J connectivity index is 2.30. The monoisotopic (exact) mass is 497 g/mol. The minimum absolute atomic E-state index is 0.108. The Morgan fingerprint density at radius 2 is 1.92 bits per heavy atom. The van der Waals surface area contributed by atoms with Crippen molar-refractivity contribution in [3.63, 3.8) is 0 Å². The number of hydrogen-bond acceptors (Lipinski definition) is 8. The summed E-state index contributed by atoms with van der Waals surface area (Å²) in [6, 6.07) is 0. The number of ether oxygens (including phenoxy) is 3. The maximum absolute atomic E-state index is 12.1. The summed E-state index contributed by atoms with van der Waals surface area (Å²) in [4.78, 5) is 48.1. The van der Waals surface area contributed by atoms with Gasteiger partial charge in [-0.3, -0.25) is 19.4 Å². The van der Waals surface area contributed by atoms with Crippen molar-refractivity contribution in [2.24, 2.45) is 0 Å². The number of aromatic amines is 1. The molecule has 144 valence electrons. The van der Waals surface area contributed by atoms with Crippen LogP contribution in [0.2, 0.25) is 0 Å². The van der Waals surface area contributed by atoms with Gasteiger partial charge in [0, 0.05) is 12.8 Å². The standard InChI is InChI=1S/C14H17Br2N3O7/c1-3-7(20)24-5-6-10(26-8(21)4-2)9(15)13(25-6)19-14(23)17-12(22)11(16)18-19/h6,9-10,13H,3-5H2,1-2H3,(H,17,22,23)/t6-,9-,10+,13+/m1/s1. The number of esters is 2. The van der Waals surface area contributed by atoms with Crippen molar-refractivity contribution in [1.29, 1.82) is 0 Å². The number of carbonyl (C=O) groups is 2. The number of rotatable bonds is 6.